The van der Waals surface area contributed by atoms with E-state index in [9.17, 15) is 4.79 Å². The predicted molar refractivity (Wildman–Crippen MR) is 103 cm³/mol. The van der Waals surface area contributed by atoms with Crippen LogP contribution in [0.15, 0.2) is 42.6 Å². The van der Waals surface area contributed by atoms with Gasteiger partial charge in [-0.3, -0.25) is 14.3 Å². The molecule has 7 heteroatoms. The summed E-state index contributed by atoms with van der Waals surface area (Å²) in [6.07, 6.45) is 1.75. The fourth-order valence-corrected chi connectivity index (χ4v) is 3.38. The summed E-state index contributed by atoms with van der Waals surface area (Å²) >= 11 is 0. The summed E-state index contributed by atoms with van der Waals surface area (Å²) in [5.41, 5.74) is 3.15. The van der Waals surface area contributed by atoms with Gasteiger partial charge in [0, 0.05) is 43.6 Å². The third-order valence-corrected chi connectivity index (χ3v) is 4.77. The molecule has 1 aliphatic rings. The van der Waals surface area contributed by atoms with Gasteiger partial charge in [-0.05, 0) is 37.3 Å². The highest BCUT2D eigenvalue weighted by Gasteiger charge is 2.13. The molecule has 0 bridgehead atoms. The van der Waals surface area contributed by atoms with Crippen LogP contribution in [0.2, 0.25) is 0 Å². The third-order valence-electron chi connectivity index (χ3n) is 4.77. The molecular weight excluding hydrogens is 342 g/mol. The number of rotatable bonds is 5. The summed E-state index contributed by atoms with van der Waals surface area (Å²) in [4.78, 5) is 23.8. The number of pyridine rings is 1. The summed E-state index contributed by atoms with van der Waals surface area (Å²) in [5, 5.41) is 3.01. The minimum Gasteiger partial charge on any atom is -0.379 e. The Bertz CT molecular complexity index is 946. The van der Waals surface area contributed by atoms with Gasteiger partial charge in [0.15, 0.2) is 5.65 Å². The Balaban J connectivity index is 1.48. The van der Waals surface area contributed by atoms with Crippen molar-refractivity contribution in [2.24, 2.45) is 0 Å². The number of morpholine rings is 1. The zero-order chi connectivity index (χ0) is 18.6. The largest absolute Gasteiger partial charge is 0.379 e. The maximum atomic E-state index is 12.6. The number of fused-ring (bicyclic) bond motifs is 1. The van der Waals surface area contributed by atoms with Crippen LogP contribution in [-0.4, -0.2) is 64.7 Å². The molecule has 4 rings (SSSR count). The lowest BCUT2D eigenvalue weighted by Crippen LogP contribution is -2.41. The first-order valence-corrected chi connectivity index (χ1v) is 9.21. The Morgan fingerprint density at radius 2 is 2.07 bits per heavy atom. The van der Waals surface area contributed by atoms with E-state index in [2.05, 4.69) is 20.2 Å². The summed E-state index contributed by atoms with van der Waals surface area (Å²) in [6.45, 7) is 6.78. The number of ether oxygens (including phenoxy) is 1. The molecule has 0 saturated carbocycles. The lowest BCUT2D eigenvalue weighted by molar-refractivity contribution is 0.0383. The third kappa shape index (κ3) is 3.84. The lowest BCUT2D eigenvalue weighted by atomic mass is 10.2. The van der Waals surface area contributed by atoms with Crippen molar-refractivity contribution in [2.75, 3.05) is 39.4 Å². The van der Waals surface area contributed by atoms with Crippen molar-refractivity contribution in [1.82, 2.24) is 24.8 Å². The van der Waals surface area contributed by atoms with Crippen LogP contribution in [0.1, 0.15) is 16.2 Å². The second kappa shape index (κ2) is 7.85. The van der Waals surface area contributed by atoms with Crippen LogP contribution in [0.3, 0.4) is 0 Å². The highest BCUT2D eigenvalue weighted by molar-refractivity contribution is 5.94. The molecule has 1 aromatic carbocycles. The van der Waals surface area contributed by atoms with E-state index in [4.69, 9.17) is 4.74 Å². The van der Waals surface area contributed by atoms with Crippen LogP contribution in [0.25, 0.3) is 16.9 Å². The van der Waals surface area contributed by atoms with Crippen molar-refractivity contribution in [2.45, 2.75) is 6.92 Å². The summed E-state index contributed by atoms with van der Waals surface area (Å²) in [7, 11) is 0. The van der Waals surface area contributed by atoms with Gasteiger partial charge in [0.2, 0.25) is 0 Å². The van der Waals surface area contributed by atoms with Crippen LogP contribution < -0.4 is 5.32 Å². The van der Waals surface area contributed by atoms with Gasteiger partial charge in [0.05, 0.1) is 13.2 Å². The fourth-order valence-electron chi connectivity index (χ4n) is 3.38. The molecule has 0 aliphatic carbocycles. The Kier molecular flexibility index (Phi) is 5.13. The number of nitrogens with one attached hydrogen (secondary N) is 1. The van der Waals surface area contributed by atoms with Gasteiger partial charge in [0.25, 0.3) is 5.91 Å². The smallest absolute Gasteiger partial charge is 0.251 e. The molecule has 1 aliphatic heterocycles. The van der Waals surface area contributed by atoms with Crippen LogP contribution in [0.4, 0.5) is 0 Å². The maximum Gasteiger partial charge on any atom is 0.251 e. The van der Waals surface area contributed by atoms with E-state index in [0.29, 0.717) is 12.1 Å². The zero-order valence-corrected chi connectivity index (χ0v) is 15.4. The van der Waals surface area contributed by atoms with E-state index in [0.717, 1.165) is 55.5 Å². The van der Waals surface area contributed by atoms with E-state index >= 15 is 0 Å². The monoisotopic (exact) mass is 365 g/mol. The second-order valence-corrected chi connectivity index (χ2v) is 6.60. The van der Waals surface area contributed by atoms with Crippen molar-refractivity contribution in [1.29, 1.82) is 0 Å². The fraction of sp³-hybridized carbons (Fsp3) is 0.350. The van der Waals surface area contributed by atoms with Crippen LogP contribution in [0, 0.1) is 6.92 Å². The number of benzene rings is 1. The Morgan fingerprint density at radius 1 is 1.22 bits per heavy atom. The molecule has 0 unspecified atom stereocenters. The number of carbonyl (C=O) groups excluding carboxylic acids is 1. The predicted octanol–water partition coefficient (Wildman–Crippen LogP) is 1.79. The maximum absolute atomic E-state index is 12.6. The number of imidazole rings is 1. The first-order chi connectivity index (χ1) is 13.2. The minimum absolute atomic E-state index is 0.0693. The van der Waals surface area contributed by atoms with Gasteiger partial charge in [0.1, 0.15) is 11.3 Å². The van der Waals surface area contributed by atoms with Crippen molar-refractivity contribution in [3.63, 3.8) is 0 Å². The summed E-state index contributed by atoms with van der Waals surface area (Å²) in [5.74, 6) is 0.772. The molecule has 140 valence electrons. The van der Waals surface area contributed by atoms with Crippen molar-refractivity contribution in [3.8, 4) is 5.69 Å². The Labute approximate surface area is 158 Å². The SMILES string of the molecule is Cc1nc2cccnc2n1-c1cccc(C(=O)NCCN2CCOCC2)c1. The van der Waals surface area contributed by atoms with E-state index in [-0.39, 0.29) is 5.91 Å². The average molecular weight is 365 g/mol. The first-order valence-electron chi connectivity index (χ1n) is 9.21. The number of amides is 1. The highest BCUT2D eigenvalue weighted by Crippen LogP contribution is 2.20. The van der Waals surface area contributed by atoms with Gasteiger partial charge in [-0.15, -0.1) is 0 Å². The molecule has 27 heavy (non-hydrogen) atoms. The molecule has 0 atom stereocenters. The van der Waals surface area contributed by atoms with E-state index in [1.165, 1.54) is 0 Å². The zero-order valence-electron chi connectivity index (χ0n) is 15.4. The highest BCUT2D eigenvalue weighted by atomic mass is 16.5. The van der Waals surface area contributed by atoms with Crippen molar-refractivity contribution in [3.05, 3.63) is 54.0 Å². The normalized spacial score (nSPS) is 15.1. The molecular formula is C20H23N5O2. The van der Waals surface area contributed by atoms with Gasteiger partial charge in [-0.2, -0.15) is 0 Å². The number of nitrogens with zero attached hydrogens (tertiary/aromatic N) is 4. The average Bonchev–Trinajstić information content (AvgIpc) is 3.04. The van der Waals surface area contributed by atoms with Crippen LogP contribution >= 0.6 is 0 Å². The lowest BCUT2D eigenvalue weighted by Gasteiger charge is -2.26. The molecule has 0 spiro atoms. The topological polar surface area (TPSA) is 72.3 Å². The number of carbonyl (C=O) groups is 1. The Hall–Kier alpha value is -2.77. The number of aryl methyl sites for hydroxylation is 1. The Morgan fingerprint density at radius 3 is 2.93 bits per heavy atom. The number of aromatic nitrogens is 3. The molecule has 1 fully saturated rings. The molecule has 3 aromatic rings. The second-order valence-electron chi connectivity index (χ2n) is 6.60. The molecule has 3 heterocycles. The van der Waals surface area contributed by atoms with E-state index in [1.54, 1.807) is 6.20 Å². The molecule has 2 aromatic heterocycles. The number of hydrogen-bond donors (Lipinski definition) is 1. The molecule has 7 nitrogen and oxygen atoms in total. The summed E-state index contributed by atoms with van der Waals surface area (Å²) in [6, 6.07) is 11.4. The molecule has 1 N–H and O–H groups in total. The van der Waals surface area contributed by atoms with E-state index < -0.39 is 0 Å². The van der Waals surface area contributed by atoms with Gasteiger partial charge < -0.3 is 10.1 Å². The van der Waals surface area contributed by atoms with E-state index in [1.807, 2.05) is 47.9 Å². The molecule has 1 amide bonds. The minimum atomic E-state index is -0.0693. The number of hydrogen-bond acceptors (Lipinski definition) is 5. The van der Waals surface area contributed by atoms with Gasteiger partial charge in [-0.25, -0.2) is 9.97 Å². The standard InChI is InChI=1S/C20H23N5O2/c1-15-23-18-6-3-7-21-19(18)25(15)17-5-2-4-16(14-17)20(26)22-8-9-24-10-12-27-13-11-24/h2-7,14H,8-13H2,1H3,(H,22,26). The van der Waals surface area contributed by atoms with Gasteiger partial charge >= 0.3 is 0 Å². The quantitative estimate of drug-likeness (QED) is 0.746. The van der Waals surface area contributed by atoms with Crippen LogP contribution in [-0.2, 0) is 4.74 Å². The van der Waals surface area contributed by atoms with Crippen molar-refractivity contribution < 1.29 is 9.53 Å². The van der Waals surface area contributed by atoms with Gasteiger partial charge in [-0.1, -0.05) is 6.07 Å². The molecule has 1 saturated heterocycles. The van der Waals surface area contributed by atoms with Crippen molar-refractivity contribution >= 4 is 17.1 Å². The summed E-state index contributed by atoms with van der Waals surface area (Å²) < 4.78 is 7.32. The molecule has 0 radical (unpaired) electrons. The van der Waals surface area contributed by atoms with Crippen LogP contribution in [0.5, 0.6) is 0 Å². The first kappa shape index (κ1) is 17.6.